The van der Waals surface area contributed by atoms with Crippen molar-refractivity contribution < 1.29 is 40.2 Å². The molecule has 1 aromatic heterocycles. The quantitative estimate of drug-likeness (QED) is 0.105. The minimum absolute atomic E-state index is 0.109. The topological polar surface area (TPSA) is 87.4 Å². The summed E-state index contributed by atoms with van der Waals surface area (Å²) in [6, 6.07) is 28.7. The predicted octanol–water partition coefficient (Wildman–Crippen LogP) is 6.57. The summed E-state index contributed by atoms with van der Waals surface area (Å²) in [5.74, 6) is -0.109. The van der Waals surface area contributed by atoms with Gasteiger partial charge in [0, 0.05) is 34.2 Å². The van der Waals surface area contributed by atoms with Gasteiger partial charge in [0.05, 0.1) is 13.0 Å². The molecule has 0 amide bonds. The van der Waals surface area contributed by atoms with Gasteiger partial charge in [-0.1, -0.05) is 66.7 Å². The smallest absolute Gasteiger partial charge is 0.485 e. The molecule has 230 valence electrons. The first kappa shape index (κ1) is 31.4. The standard InChI is InChI=1S/C33H32NO2.CHF3O3S/c1-2-36-30(35)17-10-22-34-32-26-15-8-6-11-23(26)18-20-28(32)31(25-13-4-3-5-14-25)29-21-19-24-12-7-9-16-27(24)33(29)34;2-1(3,4)8(5,6)7/h3-9,11-16H,2,10,17-22H2,1H3;(H,5,6,7)/q+1;/p-1. The van der Waals surface area contributed by atoms with Crippen molar-refractivity contribution in [1.82, 2.24) is 0 Å². The van der Waals surface area contributed by atoms with Crippen molar-refractivity contribution in [2.45, 2.75) is 57.5 Å². The molecular formula is C34H32F3NO5S. The molecule has 44 heavy (non-hydrogen) atoms. The van der Waals surface area contributed by atoms with Gasteiger partial charge in [0.2, 0.25) is 11.4 Å². The van der Waals surface area contributed by atoms with E-state index in [0.29, 0.717) is 13.0 Å². The van der Waals surface area contributed by atoms with Crippen LogP contribution in [0, 0.1) is 0 Å². The number of aromatic nitrogens is 1. The second kappa shape index (κ2) is 12.9. The first-order valence-electron chi connectivity index (χ1n) is 14.5. The zero-order chi connectivity index (χ0) is 31.5. The second-order valence-electron chi connectivity index (χ2n) is 10.7. The number of carbonyl (C=O) groups excluding carboxylic acids is 1. The van der Waals surface area contributed by atoms with Gasteiger partial charge in [-0.3, -0.25) is 4.79 Å². The minimum atomic E-state index is -6.09. The summed E-state index contributed by atoms with van der Waals surface area (Å²) >= 11 is 0. The number of pyridine rings is 1. The van der Waals surface area contributed by atoms with Crippen LogP contribution >= 0.6 is 0 Å². The van der Waals surface area contributed by atoms with Crippen LogP contribution in [-0.2, 0) is 51.9 Å². The van der Waals surface area contributed by atoms with Crippen LogP contribution in [0.15, 0.2) is 78.9 Å². The van der Waals surface area contributed by atoms with Gasteiger partial charge in [-0.2, -0.15) is 17.7 Å². The first-order valence-corrected chi connectivity index (χ1v) is 15.9. The number of hydrogen-bond acceptors (Lipinski definition) is 5. The van der Waals surface area contributed by atoms with Gasteiger partial charge < -0.3 is 9.29 Å². The third-order valence-corrected chi connectivity index (χ3v) is 8.53. The number of esters is 1. The van der Waals surface area contributed by atoms with E-state index < -0.39 is 15.6 Å². The van der Waals surface area contributed by atoms with Crippen LogP contribution in [0.5, 0.6) is 0 Å². The molecule has 0 aliphatic heterocycles. The molecule has 4 aromatic rings. The number of aryl methyl sites for hydroxylation is 2. The Labute approximate surface area is 254 Å². The Morgan fingerprint density at radius 3 is 1.77 bits per heavy atom. The Morgan fingerprint density at radius 1 is 0.818 bits per heavy atom. The van der Waals surface area contributed by atoms with Crippen molar-refractivity contribution in [2.24, 2.45) is 0 Å². The number of rotatable bonds is 6. The highest BCUT2D eigenvalue weighted by molar-refractivity contribution is 7.86. The largest absolute Gasteiger partial charge is 0.741 e. The molecule has 6 nitrogen and oxygen atoms in total. The SMILES string of the molecule is CCOC(=O)CCC[n+]1c2c(c(-c3ccccc3)c3c1-c1ccccc1CC3)CCc1ccccc1-2.O=S(=O)([O-])C(F)(F)F. The fourth-order valence-electron chi connectivity index (χ4n) is 6.21. The van der Waals surface area contributed by atoms with Gasteiger partial charge in [0.1, 0.15) is 6.54 Å². The number of fused-ring (bicyclic) bond motifs is 6. The van der Waals surface area contributed by atoms with Crippen LogP contribution in [0.1, 0.15) is 42.0 Å². The van der Waals surface area contributed by atoms with Gasteiger partial charge in [0.15, 0.2) is 10.1 Å². The van der Waals surface area contributed by atoms with E-state index in [-0.39, 0.29) is 5.97 Å². The fraction of sp³-hybridized carbons (Fsp3) is 0.294. The lowest BCUT2D eigenvalue weighted by atomic mass is 9.77. The fourth-order valence-corrected chi connectivity index (χ4v) is 6.21. The molecular weight excluding hydrogens is 591 g/mol. The summed E-state index contributed by atoms with van der Waals surface area (Å²) in [6.45, 7) is 3.10. The van der Waals surface area contributed by atoms with Crippen LogP contribution in [0.2, 0.25) is 0 Å². The molecule has 10 heteroatoms. The maximum atomic E-state index is 12.2. The zero-order valence-electron chi connectivity index (χ0n) is 24.2. The second-order valence-corrected chi connectivity index (χ2v) is 12.0. The molecule has 6 rings (SSSR count). The number of alkyl halides is 3. The summed E-state index contributed by atoms with van der Waals surface area (Å²) in [5, 5.41) is 0. The number of halogens is 3. The Morgan fingerprint density at radius 2 is 1.30 bits per heavy atom. The molecule has 0 saturated carbocycles. The Hall–Kier alpha value is -4.02. The van der Waals surface area contributed by atoms with Gasteiger partial charge >= 0.3 is 11.5 Å². The van der Waals surface area contributed by atoms with E-state index in [9.17, 15) is 18.0 Å². The van der Waals surface area contributed by atoms with E-state index in [0.717, 1.165) is 38.6 Å². The van der Waals surface area contributed by atoms with Gasteiger partial charge in [0.25, 0.3) is 0 Å². The van der Waals surface area contributed by atoms with Crippen LogP contribution < -0.4 is 4.57 Å². The lowest BCUT2D eigenvalue weighted by Gasteiger charge is -2.28. The Bertz CT molecular complexity index is 1710. The number of benzene rings is 3. The third kappa shape index (κ3) is 6.42. The molecule has 1 heterocycles. The summed E-state index contributed by atoms with van der Waals surface area (Å²) in [7, 11) is -6.09. The van der Waals surface area contributed by atoms with E-state index >= 15 is 0 Å². The molecule has 0 radical (unpaired) electrons. The molecule has 0 saturated heterocycles. The third-order valence-electron chi connectivity index (χ3n) is 7.96. The van der Waals surface area contributed by atoms with Gasteiger partial charge in [-0.05, 0) is 61.4 Å². The van der Waals surface area contributed by atoms with Crippen molar-refractivity contribution in [1.29, 1.82) is 0 Å². The average Bonchev–Trinajstić information content (AvgIpc) is 3.00. The van der Waals surface area contributed by atoms with Crippen molar-refractivity contribution >= 4 is 16.1 Å². The van der Waals surface area contributed by atoms with Crippen molar-refractivity contribution in [2.75, 3.05) is 6.61 Å². The van der Waals surface area contributed by atoms with Gasteiger partial charge in [-0.25, -0.2) is 8.42 Å². The lowest BCUT2D eigenvalue weighted by molar-refractivity contribution is -0.676. The number of hydrogen-bond donors (Lipinski definition) is 0. The normalized spacial score (nSPS) is 13.4. The first-order chi connectivity index (χ1) is 21.0. The summed E-state index contributed by atoms with van der Waals surface area (Å²) in [6.07, 6.45) is 5.38. The molecule has 0 N–H and O–H groups in total. The van der Waals surface area contributed by atoms with E-state index in [1.807, 2.05) is 6.92 Å². The van der Waals surface area contributed by atoms with Crippen molar-refractivity contribution in [3.05, 3.63) is 101 Å². The summed E-state index contributed by atoms with van der Waals surface area (Å²) < 4.78 is 66.7. The monoisotopic (exact) mass is 623 g/mol. The molecule has 0 unspecified atom stereocenters. The molecule has 0 spiro atoms. The maximum Gasteiger partial charge on any atom is 0.485 e. The van der Waals surface area contributed by atoms with E-state index in [1.54, 1.807) is 0 Å². The minimum Gasteiger partial charge on any atom is -0.741 e. The van der Waals surface area contributed by atoms with Crippen molar-refractivity contribution in [3.63, 3.8) is 0 Å². The molecule has 3 aromatic carbocycles. The number of carbonyl (C=O) groups is 1. The predicted molar refractivity (Wildman–Crippen MR) is 159 cm³/mol. The highest BCUT2D eigenvalue weighted by Gasteiger charge is 2.38. The molecule has 2 aliphatic rings. The van der Waals surface area contributed by atoms with Crippen LogP contribution in [0.4, 0.5) is 13.2 Å². The maximum absolute atomic E-state index is 12.2. The number of ether oxygens (including phenoxy) is 1. The van der Waals surface area contributed by atoms with Gasteiger partial charge in [-0.15, -0.1) is 0 Å². The molecule has 2 aliphatic carbocycles. The lowest BCUT2D eigenvalue weighted by Crippen LogP contribution is -2.43. The highest BCUT2D eigenvalue weighted by atomic mass is 32.2. The van der Waals surface area contributed by atoms with Crippen molar-refractivity contribution in [3.8, 4) is 33.6 Å². The average molecular weight is 624 g/mol. The Kier molecular flexibility index (Phi) is 9.22. The van der Waals surface area contributed by atoms with Crippen LogP contribution in [-0.4, -0.2) is 31.1 Å². The highest BCUT2D eigenvalue weighted by Crippen LogP contribution is 2.44. The van der Waals surface area contributed by atoms with Crippen LogP contribution in [0.3, 0.4) is 0 Å². The van der Waals surface area contributed by atoms with E-state index in [1.165, 1.54) is 55.9 Å². The molecule has 0 fully saturated rings. The zero-order valence-corrected chi connectivity index (χ0v) is 25.0. The molecule has 0 atom stereocenters. The Balaban J connectivity index is 0.000000426. The number of nitrogens with zero attached hydrogens (tertiary/aromatic N) is 1. The van der Waals surface area contributed by atoms with E-state index in [4.69, 9.17) is 17.7 Å². The molecule has 0 bridgehead atoms. The van der Waals surface area contributed by atoms with E-state index in [2.05, 4.69) is 83.4 Å². The summed E-state index contributed by atoms with van der Waals surface area (Å²) in [4.78, 5) is 12.2. The van der Waals surface area contributed by atoms with Crippen LogP contribution in [0.25, 0.3) is 33.6 Å². The summed E-state index contributed by atoms with van der Waals surface area (Å²) in [5.41, 5.74) is 8.13.